The van der Waals surface area contributed by atoms with Gasteiger partial charge in [-0.3, -0.25) is 18.7 Å². The van der Waals surface area contributed by atoms with Gasteiger partial charge in [0.25, 0.3) is 5.56 Å². The second-order valence-electron chi connectivity index (χ2n) is 4.16. The van der Waals surface area contributed by atoms with Crippen molar-refractivity contribution >= 4 is 11.9 Å². The van der Waals surface area contributed by atoms with Gasteiger partial charge in [0.2, 0.25) is 5.91 Å². The van der Waals surface area contributed by atoms with Gasteiger partial charge in [-0.2, -0.15) is 0 Å². The molecule has 0 fully saturated rings. The molecule has 1 amide bonds. The third-order valence-electron chi connectivity index (χ3n) is 2.59. The molecule has 1 N–H and O–H groups in total. The maximum Gasteiger partial charge on any atom is 0.331 e. The van der Waals surface area contributed by atoms with Gasteiger partial charge in [-0.15, -0.1) is 0 Å². The van der Waals surface area contributed by atoms with E-state index in [1.165, 1.54) is 26.2 Å². The van der Waals surface area contributed by atoms with Gasteiger partial charge in [0.05, 0.1) is 6.61 Å². The van der Waals surface area contributed by atoms with Crippen molar-refractivity contribution in [1.82, 2.24) is 14.5 Å². The molecule has 1 aromatic rings. The summed E-state index contributed by atoms with van der Waals surface area (Å²) in [7, 11) is 1.32. The van der Waals surface area contributed by atoms with Crippen LogP contribution in [-0.4, -0.2) is 33.7 Å². The molecule has 0 aromatic carbocycles. The average molecular weight is 283 g/mol. The Morgan fingerprint density at radius 1 is 1.40 bits per heavy atom. The van der Waals surface area contributed by atoms with E-state index in [0.717, 1.165) is 9.13 Å². The van der Waals surface area contributed by atoms with Crippen LogP contribution >= 0.6 is 0 Å². The van der Waals surface area contributed by atoms with Gasteiger partial charge in [-0.1, -0.05) is 0 Å². The molecule has 1 atom stereocenters. The molecule has 0 saturated heterocycles. The molecule has 0 radical (unpaired) electrons. The summed E-state index contributed by atoms with van der Waals surface area (Å²) < 4.78 is 6.71. The molecule has 0 aliphatic heterocycles. The van der Waals surface area contributed by atoms with Crippen LogP contribution in [0.25, 0.3) is 0 Å². The molecular formula is C12H17N3O5. The summed E-state index contributed by atoms with van der Waals surface area (Å²) in [6.45, 7) is 3.09. The van der Waals surface area contributed by atoms with E-state index in [9.17, 15) is 19.2 Å². The smallest absolute Gasteiger partial charge is 0.331 e. The second kappa shape index (κ2) is 6.69. The van der Waals surface area contributed by atoms with E-state index in [2.05, 4.69) is 5.32 Å². The molecule has 1 rings (SSSR count). The fraction of sp³-hybridized carbons (Fsp3) is 0.500. The zero-order valence-electron chi connectivity index (χ0n) is 11.6. The number of rotatable bonds is 5. The fourth-order valence-electron chi connectivity index (χ4n) is 1.50. The van der Waals surface area contributed by atoms with Crippen LogP contribution in [0.3, 0.4) is 0 Å². The molecule has 20 heavy (non-hydrogen) atoms. The summed E-state index contributed by atoms with van der Waals surface area (Å²) in [5.74, 6) is -1.07. The first-order chi connectivity index (χ1) is 9.36. The summed E-state index contributed by atoms with van der Waals surface area (Å²) in [4.78, 5) is 46.0. The quantitative estimate of drug-likeness (QED) is 0.671. The van der Waals surface area contributed by atoms with Gasteiger partial charge in [0.1, 0.15) is 12.6 Å². The number of carbonyl (C=O) groups excluding carboxylic acids is 2. The SMILES string of the molecule is CCOC(=O)C(C)NC(=O)Cn1ccc(=O)n(C)c1=O. The second-order valence-corrected chi connectivity index (χ2v) is 4.16. The first kappa shape index (κ1) is 15.7. The van der Waals surface area contributed by atoms with Crippen molar-refractivity contribution in [2.24, 2.45) is 7.05 Å². The largest absolute Gasteiger partial charge is 0.464 e. The minimum Gasteiger partial charge on any atom is -0.464 e. The zero-order valence-corrected chi connectivity index (χ0v) is 11.6. The molecule has 1 aromatic heterocycles. The van der Waals surface area contributed by atoms with Crippen molar-refractivity contribution in [3.8, 4) is 0 Å². The van der Waals surface area contributed by atoms with E-state index in [1.807, 2.05) is 0 Å². The van der Waals surface area contributed by atoms with Crippen LogP contribution in [0.5, 0.6) is 0 Å². The number of nitrogens with zero attached hydrogens (tertiary/aromatic N) is 2. The predicted octanol–water partition coefficient (Wildman–Crippen LogP) is -1.39. The number of nitrogens with one attached hydrogen (secondary N) is 1. The van der Waals surface area contributed by atoms with E-state index < -0.39 is 29.2 Å². The van der Waals surface area contributed by atoms with Crippen LogP contribution < -0.4 is 16.6 Å². The monoisotopic (exact) mass is 283 g/mol. The molecule has 8 heteroatoms. The summed E-state index contributed by atoms with van der Waals surface area (Å²) in [6.07, 6.45) is 1.24. The van der Waals surface area contributed by atoms with E-state index in [1.54, 1.807) is 6.92 Å². The van der Waals surface area contributed by atoms with Gasteiger partial charge in [-0.05, 0) is 13.8 Å². The Morgan fingerprint density at radius 3 is 2.65 bits per heavy atom. The molecular weight excluding hydrogens is 266 g/mol. The number of aromatic nitrogens is 2. The first-order valence-electron chi connectivity index (χ1n) is 6.09. The molecule has 1 unspecified atom stereocenters. The Balaban J connectivity index is 2.73. The summed E-state index contributed by atoms with van der Waals surface area (Å²) in [5, 5.41) is 2.41. The molecule has 110 valence electrons. The highest BCUT2D eigenvalue weighted by Gasteiger charge is 2.17. The molecule has 0 saturated carbocycles. The van der Waals surface area contributed by atoms with Gasteiger partial charge in [0.15, 0.2) is 0 Å². The van der Waals surface area contributed by atoms with Crippen molar-refractivity contribution in [2.45, 2.75) is 26.4 Å². The van der Waals surface area contributed by atoms with E-state index in [0.29, 0.717) is 0 Å². The number of hydrogen-bond acceptors (Lipinski definition) is 5. The number of carbonyl (C=O) groups is 2. The fourth-order valence-corrected chi connectivity index (χ4v) is 1.50. The highest BCUT2D eigenvalue weighted by molar-refractivity contribution is 5.83. The lowest BCUT2D eigenvalue weighted by molar-refractivity contribution is -0.146. The van der Waals surface area contributed by atoms with Crippen molar-refractivity contribution in [3.63, 3.8) is 0 Å². The number of hydrogen-bond donors (Lipinski definition) is 1. The maximum absolute atomic E-state index is 11.7. The van der Waals surface area contributed by atoms with Crippen molar-refractivity contribution in [2.75, 3.05) is 6.61 Å². The van der Waals surface area contributed by atoms with Gasteiger partial charge in [0, 0.05) is 19.3 Å². The first-order valence-corrected chi connectivity index (χ1v) is 6.09. The van der Waals surface area contributed by atoms with Crippen molar-refractivity contribution < 1.29 is 14.3 Å². The lowest BCUT2D eigenvalue weighted by Crippen LogP contribution is -2.44. The Hall–Kier alpha value is -2.38. The lowest BCUT2D eigenvalue weighted by atomic mass is 10.3. The number of amides is 1. The van der Waals surface area contributed by atoms with Crippen LogP contribution in [0.1, 0.15) is 13.8 Å². The number of esters is 1. The highest BCUT2D eigenvalue weighted by atomic mass is 16.5. The summed E-state index contributed by atoms with van der Waals surface area (Å²) in [6, 6.07) is 0.384. The number of ether oxygens (including phenoxy) is 1. The van der Waals surface area contributed by atoms with Crippen molar-refractivity contribution in [1.29, 1.82) is 0 Å². The molecule has 0 spiro atoms. The molecule has 0 bridgehead atoms. The molecule has 8 nitrogen and oxygen atoms in total. The van der Waals surface area contributed by atoms with Gasteiger partial charge >= 0.3 is 11.7 Å². The van der Waals surface area contributed by atoms with E-state index >= 15 is 0 Å². The maximum atomic E-state index is 11.7. The third-order valence-corrected chi connectivity index (χ3v) is 2.59. The highest BCUT2D eigenvalue weighted by Crippen LogP contribution is 1.89. The Kier molecular flexibility index (Phi) is 5.24. The van der Waals surface area contributed by atoms with E-state index in [4.69, 9.17) is 4.74 Å². The normalized spacial score (nSPS) is 11.8. The molecule has 1 heterocycles. The lowest BCUT2D eigenvalue weighted by Gasteiger charge is -2.13. The Bertz CT molecular complexity index is 616. The summed E-state index contributed by atoms with van der Waals surface area (Å²) in [5.41, 5.74) is -1.05. The molecule has 0 aliphatic carbocycles. The Labute approximate surface area is 115 Å². The molecule has 0 aliphatic rings. The minimum atomic E-state index is -0.800. The van der Waals surface area contributed by atoms with Crippen LogP contribution in [0.15, 0.2) is 21.9 Å². The van der Waals surface area contributed by atoms with Crippen LogP contribution in [0, 0.1) is 0 Å². The topological polar surface area (TPSA) is 99.4 Å². The minimum absolute atomic E-state index is 0.222. The standard InChI is InChI=1S/C12H17N3O5/c1-4-20-11(18)8(2)13-9(16)7-15-6-5-10(17)14(3)12(15)19/h5-6,8H,4,7H2,1-3H3,(H,13,16). The van der Waals surface area contributed by atoms with Gasteiger partial charge in [-0.25, -0.2) is 9.59 Å². The van der Waals surface area contributed by atoms with E-state index in [-0.39, 0.29) is 13.2 Å². The predicted molar refractivity (Wildman–Crippen MR) is 70.2 cm³/mol. The van der Waals surface area contributed by atoms with Crippen LogP contribution in [-0.2, 0) is 27.9 Å². The van der Waals surface area contributed by atoms with Crippen LogP contribution in [0.2, 0.25) is 0 Å². The van der Waals surface area contributed by atoms with Crippen LogP contribution in [0.4, 0.5) is 0 Å². The Morgan fingerprint density at radius 2 is 2.05 bits per heavy atom. The summed E-state index contributed by atoms with van der Waals surface area (Å²) >= 11 is 0. The van der Waals surface area contributed by atoms with Crippen molar-refractivity contribution in [3.05, 3.63) is 33.1 Å². The third kappa shape index (κ3) is 3.81. The zero-order chi connectivity index (χ0) is 15.3. The van der Waals surface area contributed by atoms with Gasteiger partial charge < -0.3 is 10.1 Å². The average Bonchev–Trinajstić information content (AvgIpc) is 2.39.